The van der Waals surface area contributed by atoms with Gasteiger partial charge in [0.05, 0.1) is 16.5 Å². The van der Waals surface area contributed by atoms with Crippen LogP contribution in [0.3, 0.4) is 0 Å². The maximum atomic E-state index is 11.7. The topological polar surface area (TPSA) is 56.0 Å². The Bertz CT molecular complexity index is 635. The number of Topliss-reactive ketones (excluding diaryl/α,β-unsaturated/α-hetero) is 1. The van der Waals surface area contributed by atoms with Crippen molar-refractivity contribution in [3.8, 4) is 11.4 Å². The molecule has 3 rings (SSSR count). The third kappa shape index (κ3) is 2.80. The molecule has 1 aromatic carbocycles. The number of carbonyl (C=O) groups excluding carboxylic acids is 1. The largest absolute Gasteiger partial charge is 0.339 e. The van der Waals surface area contributed by atoms with Gasteiger partial charge in [-0.25, -0.2) is 0 Å². The second-order valence-electron chi connectivity index (χ2n) is 4.56. The van der Waals surface area contributed by atoms with Crippen molar-refractivity contribution in [2.75, 3.05) is 0 Å². The molecule has 98 valence electrons. The van der Waals surface area contributed by atoms with Crippen molar-refractivity contribution in [3.05, 3.63) is 34.1 Å². The molecule has 0 bridgehead atoms. The molecule has 0 radical (unpaired) electrons. The highest BCUT2D eigenvalue weighted by atomic mass is 35.5. The van der Waals surface area contributed by atoms with Crippen LogP contribution >= 0.6 is 23.2 Å². The highest BCUT2D eigenvalue weighted by Crippen LogP contribution is 2.31. The van der Waals surface area contributed by atoms with Gasteiger partial charge in [-0.3, -0.25) is 4.79 Å². The zero-order valence-corrected chi connectivity index (χ0v) is 11.4. The third-order valence-corrected chi connectivity index (χ3v) is 3.74. The van der Waals surface area contributed by atoms with E-state index in [4.69, 9.17) is 27.7 Å². The van der Waals surface area contributed by atoms with E-state index < -0.39 is 0 Å². The van der Waals surface area contributed by atoms with Gasteiger partial charge < -0.3 is 4.52 Å². The highest BCUT2D eigenvalue weighted by Gasteiger charge is 2.30. The molecule has 4 nitrogen and oxygen atoms in total. The molecule has 1 aliphatic carbocycles. The van der Waals surface area contributed by atoms with Crippen LogP contribution in [0.2, 0.25) is 10.0 Å². The summed E-state index contributed by atoms with van der Waals surface area (Å²) in [4.78, 5) is 15.9. The minimum absolute atomic E-state index is 0.171. The van der Waals surface area contributed by atoms with Gasteiger partial charge in [-0.2, -0.15) is 4.98 Å². The van der Waals surface area contributed by atoms with Gasteiger partial charge in [-0.15, -0.1) is 0 Å². The average molecular weight is 297 g/mol. The molecule has 1 saturated carbocycles. The molecular weight excluding hydrogens is 287 g/mol. The Kier molecular flexibility index (Phi) is 3.29. The quantitative estimate of drug-likeness (QED) is 0.865. The van der Waals surface area contributed by atoms with Crippen LogP contribution in [0.4, 0.5) is 0 Å². The number of aromatic nitrogens is 2. The van der Waals surface area contributed by atoms with Crippen molar-refractivity contribution < 1.29 is 9.32 Å². The Morgan fingerprint density at radius 2 is 2.11 bits per heavy atom. The first-order valence-electron chi connectivity index (χ1n) is 5.94. The fourth-order valence-corrected chi connectivity index (χ4v) is 2.08. The zero-order valence-electron chi connectivity index (χ0n) is 9.90. The molecule has 1 fully saturated rings. The van der Waals surface area contributed by atoms with Crippen LogP contribution in [0.5, 0.6) is 0 Å². The number of carbonyl (C=O) groups is 1. The maximum Gasteiger partial charge on any atom is 0.234 e. The lowest BCUT2D eigenvalue weighted by Gasteiger charge is -1.97. The molecule has 1 heterocycles. The Hall–Kier alpha value is -1.39. The summed E-state index contributed by atoms with van der Waals surface area (Å²) < 4.78 is 5.08. The van der Waals surface area contributed by atoms with E-state index in [0.29, 0.717) is 27.3 Å². The van der Waals surface area contributed by atoms with Gasteiger partial charge in [0, 0.05) is 11.5 Å². The molecule has 1 aromatic heterocycles. The molecule has 6 heteroatoms. The Balaban J connectivity index is 1.79. The molecule has 19 heavy (non-hydrogen) atoms. The summed E-state index contributed by atoms with van der Waals surface area (Å²) in [7, 11) is 0. The summed E-state index contributed by atoms with van der Waals surface area (Å²) >= 11 is 11.8. The van der Waals surface area contributed by atoms with Crippen LogP contribution in [0.15, 0.2) is 22.7 Å². The van der Waals surface area contributed by atoms with Crippen LogP contribution < -0.4 is 0 Å². The normalized spacial score (nSPS) is 14.6. The lowest BCUT2D eigenvalue weighted by molar-refractivity contribution is -0.119. The molecule has 2 aromatic rings. The molecule has 0 aliphatic heterocycles. The molecule has 0 N–H and O–H groups in total. The van der Waals surface area contributed by atoms with Crippen molar-refractivity contribution in [1.82, 2.24) is 10.1 Å². The van der Waals surface area contributed by atoms with Crippen LogP contribution in [-0.2, 0) is 11.2 Å². The molecule has 0 amide bonds. The van der Waals surface area contributed by atoms with E-state index in [9.17, 15) is 4.79 Å². The SMILES string of the molecule is O=C(Cc1nc(-c2ccc(Cl)c(Cl)c2)no1)C1CC1. The van der Waals surface area contributed by atoms with Gasteiger partial charge in [0.2, 0.25) is 11.7 Å². The van der Waals surface area contributed by atoms with Crippen LogP contribution in [-0.4, -0.2) is 15.9 Å². The number of halogens is 2. The van der Waals surface area contributed by atoms with E-state index in [1.165, 1.54) is 0 Å². The molecule has 0 atom stereocenters. The van der Waals surface area contributed by atoms with Crippen molar-refractivity contribution in [2.24, 2.45) is 5.92 Å². The minimum Gasteiger partial charge on any atom is -0.339 e. The van der Waals surface area contributed by atoms with Crippen molar-refractivity contribution in [2.45, 2.75) is 19.3 Å². The Labute approximate surface area is 119 Å². The van der Waals surface area contributed by atoms with Crippen LogP contribution in [0.25, 0.3) is 11.4 Å². The van der Waals surface area contributed by atoms with E-state index in [2.05, 4.69) is 10.1 Å². The number of hydrogen-bond donors (Lipinski definition) is 0. The fraction of sp³-hybridized carbons (Fsp3) is 0.308. The van der Waals surface area contributed by atoms with Crippen LogP contribution in [0.1, 0.15) is 18.7 Å². The van der Waals surface area contributed by atoms with Crippen molar-refractivity contribution in [1.29, 1.82) is 0 Å². The second kappa shape index (κ2) is 4.94. The summed E-state index contributed by atoms with van der Waals surface area (Å²) in [6.07, 6.45) is 2.16. The van der Waals surface area contributed by atoms with Gasteiger partial charge >= 0.3 is 0 Å². The lowest BCUT2D eigenvalue weighted by atomic mass is 10.2. The maximum absolute atomic E-state index is 11.7. The average Bonchev–Trinajstić information content (AvgIpc) is 3.14. The first-order chi connectivity index (χ1) is 9.13. The van der Waals surface area contributed by atoms with Gasteiger partial charge in [-0.05, 0) is 31.0 Å². The first-order valence-corrected chi connectivity index (χ1v) is 6.70. The fourth-order valence-electron chi connectivity index (χ4n) is 1.78. The summed E-state index contributed by atoms with van der Waals surface area (Å²) in [5.74, 6) is 1.12. The predicted molar refractivity (Wildman–Crippen MR) is 71.2 cm³/mol. The van der Waals surface area contributed by atoms with Gasteiger partial charge in [0.1, 0.15) is 5.78 Å². The smallest absolute Gasteiger partial charge is 0.234 e. The predicted octanol–water partition coefficient (Wildman–Crippen LogP) is 3.57. The number of benzene rings is 1. The first kappa shape index (κ1) is 12.6. The molecule has 0 saturated heterocycles. The van der Waals surface area contributed by atoms with Crippen molar-refractivity contribution >= 4 is 29.0 Å². The van der Waals surface area contributed by atoms with Gasteiger partial charge in [-0.1, -0.05) is 28.4 Å². The van der Waals surface area contributed by atoms with Crippen LogP contribution in [0, 0.1) is 5.92 Å². The van der Waals surface area contributed by atoms with E-state index >= 15 is 0 Å². The minimum atomic E-state index is 0.171. The summed E-state index contributed by atoms with van der Waals surface area (Å²) in [6.45, 7) is 0. The van der Waals surface area contributed by atoms with Gasteiger partial charge in [0.15, 0.2) is 0 Å². The molecular formula is C13H10Cl2N2O2. The highest BCUT2D eigenvalue weighted by molar-refractivity contribution is 6.42. The third-order valence-electron chi connectivity index (χ3n) is 3.00. The Morgan fingerprint density at radius 3 is 2.79 bits per heavy atom. The lowest BCUT2D eigenvalue weighted by Crippen LogP contribution is -2.04. The zero-order chi connectivity index (χ0) is 13.4. The summed E-state index contributed by atoms with van der Waals surface area (Å²) in [6, 6.07) is 5.09. The van der Waals surface area contributed by atoms with E-state index in [1.54, 1.807) is 18.2 Å². The van der Waals surface area contributed by atoms with E-state index in [1.807, 2.05) is 0 Å². The molecule has 0 unspecified atom stereocenters. The Morgan fingerprint density at radius 1 is 1.32 bits per heavy atom. The standard InChI is InChI=1S/C13H10Cl2N2O2/c14-9-4-3-8(5-10(9)15)13-16-12(19-17-13)6-11(18)7-1-2-7/h3-5,7H,1-2,6H2. The van der Waals surface area contributed by atoms with E-state index in [0.717, 1.165) is 12.8 Å². The number of rotatable bonds is 4. The monoisotopic (exact) mass is 296 g/mol. The number of ketones is 1. The number of hydrogen-bond acceptors (Lipinski definition) is 4. The second-order valence-corrected chi connectivity index (χ2v) is 5.37. The van der Waals surface area contributed by atoms with Gasteiger partial charge in [0.25, 0.3) is 0 Å². The number of nitrogens with zero attached hydrogens (tertiary/aromatic N) is 2. The van der Waals surface area contributed by atoms with Crippen molar-refractivity contribution in [3.63, 3.8) is 0 Å². The van der Waals surface area contributed by atoms with E-state index in [-0.39, 0.29) is 18.1 Å². The summed E-state index contributed by atoms with van der Waals surface area (Å²) in [5.41, 5.74) is 0.711. The molecule has 0 spiro atoms. The summed E-state index contributed by atoms with van der Waals surface area (Å²) in [5, 5.41) is 4.75. The molecule has 1 aliphatic rings.